The van der Waals surface area contributed by atoms with Gasteiger partial charge in [-0.15, -0.1) is 0 Å². The molecule has 110 valence electrons. The van der Waals surface area contributed by atoms with Gasteiger partial charge in [-0.2, -0.15) is 8.42 Å². The van der Waals surface area contributed by atoms with Crippen molar-refractivity contribution in [1.29, 1.82) is 0 Å². The Labute approximate surface area is 113 Å². The summed E-state index contributed by atoms with van der Waals surface area (Å²) in [5.41, 5.74) is 5.27. The summed E-state index contributed by atoms with van der Waals surface area (Å²) in [7, 11) is -3.49. The molecule has 1 saturated heterocycles. The standard InChI is InChI=1S/C11H20N2O5S/c1-3-9(11(12)15)13-6-8(4-5-10(13)14)7-18-19(2,16)17/h8-9H,3-7H2,1-2H3,(H2,12,15). The van der Waals surface area contributed by atoms with Crippen LogP contribution in [0.1, 0.15) is 26.2 Å². The molecule has 1 aliphatic rings. The van der Waals surface area contributed by atoms with Crippen LogP contribution < -0.4 is 5.73 Å². The molecule has 0 aromatic carbocycles. The zero-order chi connectivity index (χ0) is 14.6. The first-order valence-electron chi connectivity index (χ1n) is 6.17. The van der Waals surface area contributed by atoms with Crippen LogP contribution in [0.4, 0.5) is 0 Å². The number of nitrogens with zero attached hydrogens (tertiary/aromatic N) is 1. The molecule has 0 saturated carbocycles. The number of primary amides is 1. The maximum absolute atomic E-state index is 11.8. The molecule has 0 radical (unpaired) electrons. The molecule has 1 fully saturated rings. The van der Waals surface area contributed by atoms with E-state index in [2.05, 4.69) is 0 Å². The maximum atomic E-state index is 11.8. The van der Waals surface area contributed by atoms with Gasteiger partial charge in [0.2, 0.25) is 11.8 Å². The van der Waals surface area contributed by atoms with E-state index in [4.69, 9.17) is 9.92 Å². The minimum atomic E-state index is -3.49. The Morgan fingerprint density at radius 2 is 2.21 bits per heavy atom. The van der Waals surface area contributed by atoms with Crippen LogP contribution in [0.25, 0.3) is 0 Å². The fourth-order valence-corrected chi connectivity index (χ4v) is 2.61. The second kappa shape index (κ2) is 6.33. The lowest BCUT2D eigenvalue weighted by Gasteiger charge is -2.36. The van der Waals surface area contributed by atoms with E-state index >= 15 is 0 Å². The summed E-state index contributed by atoms with van der Waals surface area (Å²) in [6.07, 6.45) is 2.26. The highest BCUT2D eigenvalue weighted by Gasteiger charge is 2.33. The summed E-state index contributed by atoms with van der Waals surface area (Å²) in [6.45, 7) is 2.10. The monoisotopic (exact) mass is 292 g/mol. The van der Waals surface area contributed by atoms with E-state index in [1.54, 1.807) is 6.92 Å². The fraction of sp³-hybridized carbons (Fsp3) is 0.818. The van der Waals surface area contributed by atoms with Gasteiger partial charge in [0.15, 0.2) is 0 Å². The first-order valence-corrected chi connectivity index (χ1v) is 7.99. The van der Waals surface area contributed by atoms with Gasteiger partial charge in [-0.05, 0) is 12.8 Å². The Morgan fingerprint density at radius 1 is 1.58 bits per heavy atom. The summed E-state index contributed by atoms with van der Waals surface area (Å²) in [4.78, 5) is 24.5. The minimum Gasteiger partial charge on any atom is -0.368 e. The Kier molecular flexibility index (Phi) is 5.30. The van der Waals surface area contributed by atoms with Crippen LogP contribution in [0.3, 0.4) is 0 Å². The molecule has 2 N–H and O–H groups in total. The number of hydrogen-bond acceptors (Lipinski definition) is 5. The highest BCUT2D eigenvalue weighted by molar-refractivity contribution is 7.85. The van der Waals surface area contributed by atoms with Gasteiger partial charge >= 0.3 is 0 Å². The lowest BCUT2D eigenvalue weighted by molar-refractivity contribution is -0.143. The predicted molar refractivity (Wildman–Crippen MR) is 68.5 cm³/mol. The minimum absolute atomic E-state index is 0.0256. The number of carbonyl (C=O) groups is 2. The van der Waals surface area contributed by atoms with Gasteiger partial charge in [0, 0.05) is 18.9 Å². The van der Waals surface area contributed by atoms with Crippen LogP contribution >= 0.6 is 0 Å². The molecular weight excluding hydrogens is 272 g/mol. The van der Waals surface area contributed by atoms with E-state index in [9.17, 15) is 18.0 Å². The molecular formula is C11H20N2O5S. The van der Waals surface area contributed by atoms with Crippen molar-refractivity contribution in [1.82, 2.24) is 4.90 Å². The number of nitrogens with two attached hydrogens (primary N) is 1. The van der Waals surface area contributed by atoms with Crippen molar-refractivity contribution in [3.8, 4) is 0 Å². The third kappa shape index (κ3) is 4.79. The third-order valence-corrected chi connectivity index (χ3v) is 3.72. The van der Waals surface area contributed by atoms with Crippen LogP contribution in [-0.2, 0) is 23.9 Å². The van der Waals surface area contributed by atoms with E-state index in [0.29, 0.717) is 19.4 Å². The van der Waals surface area contributed by atoms with Crippen molar-refractivity contribution >= 4 is 21.9 Å². The maximum Gasteiger partial charge on any atom is 0.264 e. The van der Waals surface area contributed by atoms with E-state index in [-0.39, 0.29) is 24.9 Å². The van der Waals surface area contributed by atoms with Gasteiger partial charge in [0.1, 0.15) is 6.04 Å². The van der Waals surface area contributed by atoms with Crippen LogP contribution in [0.2, 0.25) is 0 Å². The number of carbonyl (C=O) groups excluding carboxylic acids is 2. The largest absolute Gasteiger partial charge is 0.368 e. The fourth-order valence-electron chi connectivity index (χ4n) is 2.17. The van der Waals surface area contributed by atoms with Crippen molar-refractivity contribution in [2.75, 3.05) is 19.4 Å². The van der Waals surface area contributed by atoms with Crippen molar-refractivity contribution < 1.29 is 22.2 Å². The molecule has 7 nitrogen and oxygen atoms in total. The number of piperidine rings is 1. The predicted octanol–water partition coefficient (Wildman–Crippen LogP) is -0.535. The van der Waals surface area contributed by atoms with Crippen molar-refractivity contribution in [2.24, 2.45) is 11.7 Å². The van der Waals surface area contributed by atoms with Gasteiger partial charge in [-0.1, -0.05) is 6.92 Å². The summed E-state index contributed by atoms with van der Waals surface area (Å²) >= 11 is 0. The van der Waals surface area contributed by atoms with Crippen molar-refractivity contribution in [2.45, 2.75) is 32.2 Å². The van der Waals surface area contributed by atoms with Gasteiger partial charge in [0.25, 0.3) is 10.1 Å². The molecule has 2 amide bonds. The van der Waals surface area contributed by atoms with E-state index in [1.807, 2.05) is 0 Å². The molecule has 0 aliphatic carbocycles. The highest BCUT2D eigenvalue weighted by Crippen LogP contribution is 2.21. The van der Waals surface area contributed by atoms with Crippen LogP contribution in [0.15, 0.2) is 0 Å². The normalized spacial score (nSPS) is 22.3. The molecule has 19 heavy (non-hydrogen) atoms. The zero-order valence-corrected chi connectivity index (χ0v) is 12.0. The first-order chi connectivity index (χ1) is 8.74. The van der Waals surface area contributed by atoms with Crippen LogP contribution in [-0.4, -0.2) is 50.6 Å². The van der Waals surface area contributed by atoms with Gasteiger partial charge in [0.05, 0.1) is 12.9 Å². The molecule has 0 aromatic heterocycles. The summed E-state index contributed by atoms with van der Waals surface area (Å²) in [6, 6.07) is -0.631. The quantitative estimate of drug-likeness (QED) is 0.662. The van der Waals surface area contributed by atoms with Crippen molar-refractivity contribution in [3.05, 3.63) is 0 Å². The molecule has 1 rings (SSSR count). The van der Waals surface area contributed by atoms with Gasteiger partial charge < -0.3 is 10.6 Å². The molecule has 8 heteroatoms. The lowest BCUT2D eigenvalue weighted by atomic mass is 9.96. The molecule has 0 aromatic rings. The molecule has 2 atom stereocenters. The average molecular weight is 292 g/mol. The topological polar surface area (TPSA) is 107 Å². The van der Waals surface area contributed by atoms with E-state index in [0.717, 1.165) is 6.26 Å². The SMILES string of the molecule is CCC(C(N)=O)N1CC(COS(C)(=O)=O)CCC1=O. The van der Waals surface area contributed by atoms with E-state index < -0.39 is 22.1 Å². The lowest BCUT2D eigenvalue weighted by Crippen LogP contribution is -2.52. The Balaban J connectivity index is 2.67. The molecule has 0 bridgehead atoms. The second-order valence-electron chi connectivity index (χ2n) is 4.77. The zero-order valence-electron chi connectivity index (χ0n) is 11.2. The Bertz CT molecular complexity index is 448. The Hall–Kier alpha value is -1.15. The van der Waals surface area contributed by atoms with Crippen molar-refractivity contribution in [3.63, 3.8) is 0 Å². The second-order valence-corrected chi connectivity index (χ2v) is 6.41. The Morgan fingerprint density at radius 3 is 2.68 bits per heavy atom. The molecule has 1 heterocycles. The first kappa shape index (κ1) is 15.9. The number of rotatable bonds is 6. The van der Waals surface area contributed by atoms with Gasteiger partial charge in [-0.3, -0.25) is 13.8 Å². The van der Waals surface area contributed by atoms with Crippen LogP contribution in [0.5, 0.6) is 0 Å². The number of likely N-dealkylation sites (tertiary alicyclic amines) is 1. The third-order valence-electron chi connectivity index (χ3n) is 3.15. The average Bonchev–Trinajstić information content (AvgIpc) is 2.29. The smallest absolute Gasteiger partial charge is 0.264 e. The number of hydrogen-bond donors (Lipinski definition) is 1. The summed E-state index contributed by atoms with van der Waals surface area (Å²) < 4.78 is 26.6. The summed E-state index contributed by atoms with van der Waals surface area (Å²) in [5.74, 6) is -0.761. The van der Waals surface area contributed by atoms with Gasteiger partial charge in [-0.25, -0.2) is 0 Å². The van der Waals surface area contributed by atoms with Crippen LogP contribution in [0, 0.1) is 5.92 Å². The number of amides is 2. The van der Waals surface area contributed by atoms with E-state index in [1.165, 1.54) is 4.90 Å². The highest BCUT2D eigenvalue weighted by atomic mass is 32.2. The summed E-state index contributed by atoms with van der Waals surface area (Å²) in [5, 5.41) is 0. The molecule has 2 unspecified atom stereocenters. The molecule has 1 aliphatic heterocycles. The molecule has 0 spiro atoms.